The molecule has 0 radical (unpaired) electrons. The predicted octanol–water partition coefficient (Wildman–Crippen LogP) is 4.58. The van der Waals surface area contributed by atoms with E-state index in [1.807, 2.05) is 47.4 Å². The molecule has 0 bridgehead atoms. The van der Waals surface area contributed by atoms with Gasteiger partial charge in [-0.2, -0.15) is 0 Å². The van der Waals surface area contributed by atoms with Gasteiger partial charge in [0.25, 0.3) is 5.91 Å². The fraction of sp³-hybridized carbons (Fsp3) is 0.333. The van der Waals surface area contributed by atoms with Crippen LogP contribution in [-0.4, -0.2) is 35.7 Å². The number of benzene rings is 2. The van der Waals surface area contributed by atoms with Gasteiger partial charge >= 0.3 is 5.97 Å². The van der Waals surface area contributed by atoms with Gasteiger partial charge < -0.3 is 9.64 Å². The van der Waals surface area contributed by atoms with Crippen molar-refractivity contribution in [2.45, 2.75) is 31.2 Å². The zero-order chi connectivity index (χ0) is 19.2. The van der Waals surface area contributed by atoms with Crippen LogP contribution in [0.15, 0.2) is 47.4 Å². The van der Waals surface area contributed by atoms with E-state index in [4.69, 9.17) is 16.3 Å². The van der Waals surface area contributed by atoms with Crippen molar-refractivity contribution < 1.29 is 14.3 Å². The molecule has 27 heavy (non-hydrogen) atoms. The smallest absolute Gasteiger partial charge is 0.306 e. The molecule has 0 aliphatic carbocycles. The molecular weight excluding hydrogens is 382 g/mol. The molecule has 0 unspecified atom stereocenters. The minimum Gasteiger partial charge on any atom is -0.466 e. The molecule has 1 heterocycles. The molecule has 142 valence electrons. The highest BCUT2D eigenvalue weighted by molar-refractivity contribution is 7.99. The van der Waals surface area contributed by atoms with Gasteiger partial charge in [0.2, 0.25) is 0 Å². The minimum atomic E-state index is -0.218. The van der Waals surface area contributed by atoms with Crippen LogP contribution >= 0.6 is 23.4 Å². The van der Waals surface area contributed by atoms with E-state index in [-0.39, 0.29) is 11.9 Å². The molecule has 0 aromatic heterocycles. The van der Waals surface area contributed by atoms with Gasteiger partial charge in [-0.05, 0) is 30.5 Å². The first-order chi connectivity index (χ1) is 13.1. The third-order valence-corrected chi connectivity index (χ3v) is 5.99. The highest BCUT2D eigenvalue weighted by Gasteiger charge is 2.28. The molecule has 0 spiro atoms. The number of esters is 1. The quantitative estimate of drug-likeness (QED) is 0.501. The summed E-state index contributed by atoms with van der Waals surface area (Å²) in [6.07, 6.45) is 1.11. The average molecular weight is 404 g/mol. The summed E-state index contributed by atoms with van der Waals surface area (Å²) in [5.41, 5.74) is 2.69. The fourth-order valence-electron chi connectivity index (χ4n) is 3.10. The van der Waals surface area contributed by atoms with Crippen molar-refractivity contribution in [1.29, 1.82) is 0 Å². The number of rotatable bonds is 7. The van der Waals surface area contributed by atoms with Gasteiger partial charge in [-0.1, -0.05) is 48.0 Å². The highest BCUT2D eigenvalue weighted by Crippen LogP contribution is 2.35. The van der Waals surface area contributed by atoms with Gasteiger partial charge in [0.1, 0.15) is 0 Å². The maximum Gasteiger partial charge on any atom is 0.306 e. The Morgan fingerprint density at radius 3 is 2.74 bits per heavy atom. The summed E-state index contributed by atoms with van der Waals surface area (Å²) in [7, 11) is 0. The van der Waals surface area contributed by atoms with Crippen LogP contribution in [0, 0.1) is 0 Å². The van der Waals surface area contributed by atoms with Crippen molar-refractivity contribution in [3.63, 3.8) is 0 Å². The van der Waals surface area contributed by atoms with Crippen LogP contribution in [0.2, 0.25) is 5.02 Å². The number of halogens is 1. The Labute approximate surface area is 168 Å². The molecule has 1 aliphatic rings. The molecule has 2 aromatic carbocycles. The number of hydrogen-bond donors (Lipinski definition) is 0. The number of ether oxygens (including phenoxy) is 1. The van der Waals surface area contributed by atoms with E-state index >= 15 is 0 Å². The molecule has 3 rings (SSSR count). The van der Waals surface area contributed by atoms with Gasteiger partial charge in [-0.3, -0.25) is 9.59 Å². The summed E-state index contributed by atoms with van der Waals surface area (Å²) in [5, 5.41) is 0.490. The van der Waals surface area contributed by atoms with Gasteiger partial charge in [-0.25, -0.2) is 0 Å². The van der Waals surface area contributed by atoms with E-state index in [2.05, 4.69) is 0 Å². The molecule has 4 nitrogen and oxygen atoms in total. The topological polar surface area (TPSA) is 46.6 Å². The van der Waals surface area contributed by atoms with Crippen molar-refractivity contribution in [3.8, 4) is 0 Å². The second-order valence-corrected chi connectivity index (χ2v) is 7.79. The molecular formula is C21H22ClNO3S. The summed E-state index contributed by atoms with van der Waals surface area (Å²) in [4.78, 5) is 27.2. The number of fused-ring (bicyclic) bond motifs is 1. The van der Waals surface area contributed by atoms with E-state index in [0.29, 0.717) is 42.5 Å². The summed E-state index contributed by atoms with van der Waals surface area (Å²) in [6, 6.07) is 13.9. The lowest BCUT2D eigenvalue weighted by Crippen LogP contribution is -2.37. The predicted molar refractivity (Wildman–Crippen MR) is 108 cm³/mol. The molecule has 0 N–H and O–H groups in total. The molecule has 0 saturated carbocycles. The maximum absolute atomic E-state index is 13.0. The summed E-state index contributed by atoms with van der Waals surface area (Å²) >= 11 is 8.06. The van der Waals surface area contributed by atoms with Crippen LogP contribution < -0.4 is 0 Å². The first-order valence-electron chi connectivity index (χ1n) is 9.03. The minimum absolute atomic E-state index is 0.0297. The van der Waals surface area contributed by atoms with Crippen LogP contribution in [0.4, 0.5) is 0 Å². The molecule has 0 atom stereocenters. The van der Waals surface area contributed by atoms with Crippen LogP contribution in [0.3, 0.4) is 0 Å². The Bertz CT molecular complexity index is 826. The van der Waals surface area contributed by atoms with E-state index in [1.165, 1.54) is 11.8 Å². The molecule has 1 amide bonds. The normalized spacial score (nSPS) is 13.4. The highest BCUT2D eigenvalue weighted by atomic mass is 35.5. The second kappa shape index (κ2) is 9.29. The van der Waals surface area contributed by atoms with Gasteiger partial charge in [-0.15, -0.1) is 11.8 Å². The zero-order valence-electron chi connectivity index (χ0n) is 15.2. The lowest BCUT2D eigenvalue weighted by Gasteiger charge is -2.29. The molecule has 6 heteroatoms. The standard InChI is InChI=1S/C21H22ClNO3S/c1-2-26-18(24)11-13-27-17-9-8-16-10-12-23(21(25)19(16)20(17)22)14-15-6-4-3-5-7-15/h3-9H,2,10-14H2,1H3. The largest absolute Gasteiger partial charge is 0.466 e. The monoisotopic (exact) mass is 403 g/mol. The Kier molecular flexibility index (Phi) is 6.80. The lowest BCUT2D eigenvalue weighted by atomic mass is 9.98. The zero-order valence-corrected chi connectivity index (χ0v) is 16.8. The Balaban J connectivity index is 1.72. The van der Waals surface area contributed by atoms with E-state index in [9.17, 15) is 9.59 Å². The molecule has 0 saturated heterocycles. The van der Waals surface area contributed by atoms with Crippen molar-refractivity contribution in [2.24, 2.45) is 0 Å². The average Bonchev–Trinajstić information content (AvgIpc) is 2.67. The first kappa shape index (κ1) is 19.8. The van der Waals surface area contributed by atoms with E-state index < -0.39 is 0 Å². The molecule has 2 aromatic rings. The molecule has 0 fully saturated rings. The second-order valence-electron chi connectivity index (χ2n) is 6.28. The Morgan fingerprint density at radius 1 is 1.22 bits per heavy atom. The van der Waals surface area contributed by atoms with Gasteiger partial charge in [0.15, 0.2) is 0 Å². The Morgan fingerprint density at radius 2 is 2.00 bits per heavy atom. The third kappa shape index (κ3) is 4.85. The number of carbonyl (C=O) groups is 2. The third-order valence-electron chi connectivity index (χ3n) is 4.43. The van der Waals surface area contributed by atoms with Crippen LogP contribution in [-0.2, 0) is 22.5 Å². The van der Waals surface area contributed by atoms with Crippen molar-refractivity contribution in [1.82, 2.24) is 4.90 Å². The fourth-order valence-corrected chi connectivity index (χ4v) is 4.41. The van der Waals surface area contributed by atoms with Crippen LogP contribution in [0.5, 0.6) is 0 Å². The Hall–Kier alpha value is -1.98. The number of hydrogen-bond acceptors (Lipinski definition) is 4. The number of carbonyl (C=O) groups excluding carboxylic acids is 2. The molecule has 1 aliphatic heterocycles. The van der Waals surface area contributed by atoms with Gasteiger partial charge in [0.05, 0.1) is 23.6 Å². The van der Waals surface area contributed by atoms with Crippen molar-refractivity contribution in [2.75, 3.05) is 18.9 Å². The summed E-state index contributed by atoms with van der Waals surface area (Å²) in [5.74, 6) is 0.321. The SMILES string of the molecule is CCOC(=O)CCSc1ccc2c(c1Cl)C(=O)N(Cc1ccccc1)CC2. The summed E-state index contributed by atoms with van der Waals surface area (Å²) in [6.45, 7) is 3.44. The van der Waals surface area contributed by atoms with Crippen LogP contribution in [0.25, 0.3) is 0 Å². The number of amides is 1. The first-order valence-corrected chi connectivity index (χ1v) is 10.4. The van der Waals surface area contributed by atoms with Gasteiger partial charge in [0, 0.05) is 23.7 Å². The number of thioether (sulfide) groups is 1. The van der Waals surface area contributed by atoms with Crippen molar-refractivity contribution in [3.05, 3.63) is 64.2 Å². The van der Waals surface area contributed by atoms with Crippen molar-refractivity contribution >= 4 is 35.2 Å². The maximum atomic E-state index is 13.0. The number of nitrogens with zero attached hydrogens (tertiary/aromatic N) is 1. The van der Waals surface area contributed by atoms with E-state index in [1.54, 1.807) is 6.92 Å². The van der Waals surface area contributed by atoms with E-state index in [0.717, 1.165) is 22.4 Å². The van der Waals surface area contributed by atoms with Crippen LogP contribution in [0.1, 0.15) is 34.8 Å². The lowest BCUT2D eigenvalue weighted by molar-refractivity contribution is -0.142. The summed E-state index contributed by atoms with van der Waals surface area (Å²) < 4.78 is 4.94.